The number of aromatic nitrogens is 1. The quantitative estimate of drug-likeness (QED) is 0.267. The maximum atomic E-state index is 7.77. The fourth-order valence-electron chi connectivity index (χ4n) is 3.95. The zero-order chi connectivity index (χ0) is 21.2. The van der Waals surface area contributed by atoms with Crippen LogP contribution in [0.2, 0.25) is 0 Å². The summed E-state index contributed by atoms with van der Waals surface area (Å²) in [6.45, 7) is 0. The van der Waals surface area contributed by atoms with Gasteiger partial charge in [-0.05, 0) is 63.7 Å². The van der Waals surface area contributed by atoms with Gasteiger partial charge in [0.25, 0.3) is 0 Å². The molecule has 0 aliphatic rings. The van der Waals surface area contributed by atoms with E-state index in [2.05, 4.69) is 71.7 Å². The van der Waals surface area contributed by atoms with Gasteiger partial charge in [-0.15, -0.1) is 0 Å². The normalized spacial score (nSPS) is 10.8. The van der Waals surface area contributed by atoms with E-state index in [9.17, 15) is 0 Å². The molecule has 0 atom stereocenters. The molecule has 0 saturated heterocycles. The van der Waals surface area contributed by atoms with Crippen LogP contribution in [0.4, 0.5) is 0 Å². The Balaban J connectivity index is 1.71. The van der Waals surface area contributed by atoms with Crippen LogP contribution in [0.5, 0.6) is 0 Å². The zero-order valence-corrected chi connectivity index (χ0v) is 16.9. The first-order chi connectivity index (χ1) is 15.2. The van der Waals surface area contributed by atoms with Crippen molar-refractivity contribution in [3.63, 3.8) is 0 Å². The third kappa shape index (κ3) is 3.69. The molecular weight excluding hydrogens is 378 g/mol. The molecule has 0 aliphatic carbocycles. The fourth-order valence-corrected chi connectivity index (χ4v) is 3.95. The van der Waals surface area contributed by atoms with Crippen LogP contribution in [0.15, 0.2) is 109 Å². The summed E-state index contributed by atoms with van der Waals surface area (Å²) in [7, 11) is 0. The number of hydrogen-bond acceptors (Lipinski definition) is 2. The van der Waals surface area contributed by atoms with Gasteiger partial charge in [0.05, 0.1) is 5.52 Å². The van der Waals surface area contributed by atoms with Crippen LogP contribution in [0.1, 0.15) is 5.56 Å². The number of fused-ring (bicyclic) bond motifs is 1. The lowest BCUT2D eigenvalue weighted by Crippen LogP contribution is -2.10. The number of amidine groups is 1. The number of nitrogens with one attached hydrogen (secondary N) is 1. The van der Waals surface area contributed by atoms with Gasteiger partial charge in [-0.1, -0.05) is 72.8 Å². The van der Waals surface area contributed by atoms with Crippen molar-refractivity contribution in [2.45, 2.75) is 0 Å². The Bertz CT molecular complexity index is 1400. The Morgan fingerprint density at radius 1 is 0.613 bits per heavy atom. The number of hydrogen-bond donors (Lipinski definition) is 2. The zero-order valence-electron chi connectivity index (χ0n) is 16.9. The van der Waals surface area contributed by atoms with Crippen molar-refractivity contribution in [2.75, 3.05) is 0 Å². The van der Waals surface area contributed by atoms with Gasteiger partial charge in [0.15, 0.2) is 0 Å². The Kier molecular flexibility index (Phi) is 4.77. The molecule has 4 aromatic carbocycles. The maximum absolute atomic E-state index is 7.77. The molecule has 0 saturated carbocycles. The summed E-state index contributed by atoms with van der Waals surface area (Å²) in [6, 6.07) is 35.2. The van der Waals surface area contributed by atoms with Gasteiger partial charge >= 0.3 is 0 Å². The first kappa shape index (κ1) is 18.8. The first-order valence-electron chi connectivity index (χ1n) is 10.2. The highest BCUT2D eigenvalue weighted by atomic mass is 14.7. The predicted molar refractivity (Wildman–Crippen MR) is 129 cm³/mol. The smallest absolute Gasteiger partial charge is 0.122 e. The van der Waals surface area contributed by atoms with E-state index in [-0.39, 0.29) is 5.84 Å². The minimum Gasteiger partial charge on any atom is -0.384 e. The Hall–Kier alpha value is -4.24. The van der Waals surface area contributed by atoms with E-state index in [1.54, 1.807) is 0 Å². The average molecular weight is 399 g/mol. The molecule has 0 aliphatic heterocycles. The van der Waals surface area contributed by atoms with Crippen molar-refractivity contribution in [1.29, 1.82) is 5.41 Å². The first-order valence-corrected chi connectivity index (χ1v) is 10.2. The molecule has 3 N–H and O–H groups in total. The molecule has 0 spiro atoms. The molecule has 3 nitrogen and oxygen atoms in total. The van der Waals surface area contributed by atoms with Crippen LogP contribution >= 0.6 is 0 Å². The highest BCUT2D eigenvalue weighted by Gasteiger charge is 2.11. The molecule has 0 fully saturated rings. The Morgan fingerprint density at radius 2 is 1.32 bits per heavy atom. The summed E-state index contributed by atoms with van der Waals surface area (Å²) in [4.78, 5) is 4.62. The van der Waals surface area contributed by atoms with Crippen molar-refractivity contribution >= 4 is 16.7 Å². The minimum atomic E-state index is 0.0662. The number of benzene rings is 4. The average Bonchev–Trinajstić information content (AvgIpc) is 2.84. The number of rotatable bonds is 4. The van der Waals surface area contributed by atoms with E-state index >= 15 is 0 Å². The number of nitrogens with two attached hydrogens (primary N) is 1. The molecule has 1 heterocycles. The monoisotopic (exact) mass is 399 g/mol. The summed E-state index contributed by atoms with van der Waals surface area (Å²) in [5.74, 6) is 0.0662. The van der Waals surface area contributed by atoms with Gasteiger partial charge in [-0.25, -0.2) is 0 Å². The molecule has 31 heavy (non-hydrogen) atoms. The van der Waals surface area contributed by atoms with Gasteiger partial charge in [0.2, 0.25) is 0 Å². The van der Waals surface area contributed by atoms with Gasteiger partial charge in [-0.3, -0.25) is 10.4 Å². The van der Waals surface area contributed by atoms with Crippen LogP contribution in [0, 0.1) is 5.41 Å². The number of pyridine rings is 1. The largest absolute Gasteiger partial charge is 0.384 e. The fraction of sp³-hybridized carbons (Fsp3) is 0. The second-order valence-electron chi connectivity index (χ2n) is 7.54. The van der Waals surface area contributed by atoms with E-state index in [1.165, 1.54) is 11.1 Å². The van der Waals surface area contributed by atoms with Crippen molar-refractivity contribution < 1.29 is 0 Å². The van der Waals surface area contributed by atoms with Crippen LogP contribution < -0.4 is 5.73 Å². The van der Waals surface area contributed by atoms with Crippen molar-refractivity contribution in [2.24, 2.45) is 5.73 Å². The predicted octanol–water partition coefficient (Wildman–Crippen LogP) is 6.52. The lowest BCUT2D eigenvalue weighted by atomic mass is 9.92. The second-order valence-corrected chi connectivity index (χ2v) is 7.54. The molecule has 0 bridgehead atoms. The lowest BCUT2D eigenvalue weighted by Gasteiger charge is -2.12. The summed E-state index contributed by atoms with van der Waals surface area (Å²) >= 11 is 0. The highest BCUT2D eigenvalue weighted by molar-refractivity contribution is 6.00. The summed E-state index contributed by atoms with van der Waals surface area (Å²) in [5.41, 5.74) is 14.1. The van der Waals surface area contributed by atoms with Gasteiger partial charge in [-0.2, -0.15) is 0 Å². The van der Waals surface area contributed by atoms with E-state index in [0.717, 1.165) is 33.2 Å². The summed E-state index contributed by atoms with van der Waals surface area (Å²) in [6.07, 6.45) is 1.82. The minimum absolute atomic E-state index is 0.0662. The van der Waals surface area contributed by atoms with Gasteiger partial charge in [0.1, 0.15) is 5.84 Å². The highest BCUT2D eigenvalue weighted by Crippen LogP contribution is 2.35. The molecule has 0 unspecified atom stereocenters. The lowest BCUT2D eigenvalue weighted by molar-refractivity contribution is 1.41. The molecule has 148 valence electrons. The van der Waals surface area contributed by atoms with Crippen LogP contribution in [-0.2, 0) is 0 Å². The van der Waals surface area contributed by atoms with E-state index in [4.69, 9.17) is 11.1 Å². The molecule has 5 aromatic rings. The van der Waals surface area contributed by atoms with E-state index in [1.807, 2.05) is 42.6 Å². The van der Waals surface area contributed by atoms with Gasteiger partial charge < -0.3 is 5.73 Å². The van der Waals surface area contributed by atoms with Crippen LogP contribution in [-0.4, -0.2) is 10.8 Å². The summed E-state index contributed by atoms with van der Waals surface area (Å²) < 4.78 is 0. The molecular formula is C28H21N3. The standard InChI is InChI=1S/C28H21N3/c29-28(30)23-12-5-10-21(16-23)24-17-26(25-13-6-14-31-27(25)18-24)22-11-4-9-20(15-22)19-7-2-1-3-8-19/h1-18H,(H3,29,30). The molecule has 5 rings (SSSR count). The third-order valence-electron chi connectivity index (χ3n) is 5.51. The van der Waals surface area contributed by atoms with E-state index in [0.29, 0.717) is 5.56 Å². The second kappa shape index (κ2) is 7.88. The number of nitrogens with zero attached hydrogens (tertiary/aromatic N) is 1. The van der Waals surface area contributed by atoms with Crippen molar-refractivity contribution in [1.82, 2.24) is 4.98 Å². The summed E-state index contributed by atoms with van der Waals surface area (Å²) in [5, 5.41) is 8.88. The Morgan fingerprint density at radius 3 is 2.13 bits per heavy atom. The third-order valence-corrected chi connectivity index (χ3v) is 5.51. The molecule has 3 heteroatoms. The van der Waals surface area contributed by atoms with Crippen LogP contribution in [0.25, 0.3) is 44.3 Å². The Labute approximate surface area is 181 Å². The molecule has 0 amide bonds. The molecule has 1 aromatic heterocycles. The maximum Gasteiger partial charge on any atom is 0.122 e. The topological polar surface area (TPSA) is 62.8 Å². The van der Waals surface area contributed by atoms with Crippen LogP contribution in [0.3, 0.4) is 0 Å². The SMILES string of the molecule is N=C(N)c1cccc(-c2cc(-c3cccc(-c4ccccc4)c3)c3cccnc3c2)c1. The van der Waals surface area contributed by atoms with Crippen molar-refractivity contribution in [3.05, 3.63) is 115 Å². The van der Waals surface area contributed by atoms with Crippen molar-refractivity contribution in [3.8, 4) is 33.4 Å². The number of nitrogen functional groups attached to an aromatic ring is 1. The molecule has 0 radical (unpaired) electrons. The van der Waals surface area contributed by atoms with Gasteiger partial charge in [0, 0.05) is 17.1 Å². The van der Waals surface area contributed by atoms with E-state index < -0.39 is 0 Å².